The van der Waals surface area contributed by atoms with E-state index in [1.807, 2.05) is 39.0 Å². The number of carbonyl (C=O) groups excluding carboxylic acids is 5. The molecule has 0 aliphatic carbocycles. The predicted molar refractivity (Wildman–Crippen MR) is 158 cm³/mol. The molecule has 0 radical (unpaired) electrons. The number of ether oxygens (including phenoxy) is 6. The number of methoxy groups -OCH3 is 2. The van der Waals surface area contributed by atoms with Crippen molar-refractivity contribution in [1.82, 2.24) is 10.3 Å². The van der Waals surface area contributed by atoms with Crippen molar-refractivity contribution in [2.75, 3.05) is 27.4 Å². The molecule has 1 N–H and O–H groups in total. The number of carbonyl (C=O) groups is 5. The quantitative estimate of drug-likeness (QED) is 0.286. The molecular formula is C32H40N2O11. The number of pyridine rings is 1. The zero-order chi connectivity index (χ0) is 33.1. The van der Waals surface area contributed by atoms with Crippen LogP contribution < -0.4 is 14.8 Å². The molecule has 0 bridgehead atoms. The van der Waals surface area contributed by atoms with E-state index >= 15 is 0 Å². The smallest absolute Gasteiger partial charge is 0.332 e. The monoisotopic (exact) mass is 628 g/mol. The fraction of sp³-hybridized carbons (Fsp3) is 0.500. The molecule has 0 unspecified atom stereocenters. The Morgan fingerprint density at radius 1 is 1.02 bits per heavy atom. The summed E-state index contributed by atoms with van der Waals surface area (Å²) >= 11 is 0. The minimum absolute atomic E-state index is 0.0432. The van der Waals surface area contributed by atoms with E-state index in [4.69, 9.17) is 28.4 Å². The first kappa shape index (κ1) is 35.0. The summed E-state index contributed by atoms with van der Waals surface area (Å²) in [5.41, 5.74) is 0.0181. The topological polar surface area (TPSA) is 166 Å². The highest BCUT2D eigenvalue weighted by Gasteiger charge is 2.42. The van der Waals surface area contributed by atoms with Crippen LogP contribution in [0.2, 0.25) is 0 Å². The third-order valence-corrected chi connectivity index (χ3v) is 6.72. The Hall–Kier alpha value is -4.52. The molecule has 1 amide bonds. The Bertz CT molecular complexity index is 1360. The third kappa shape index (κ3) is 10.3. The van der Waals surface area contributed by atoms with Crippen LogP contribution in [-0.4, -0.2) is 80.5 Å². The number of benzene rings is 1. The minimum Gasteiger partial charge on any atom is -0.493 e. The predicted octanol–water partition coefficient (Wildman–Crippen LogP) is 2.83. The van der Waals surface area contributed by atoms with Crippen LogP contribution in [0.4, 0.5) is 0 Å². The van der Waals surface area contributed by atoms with Crippen molar-refractivity contribution in [1.29, 1.82) is 0 Å². The molecule has 1 fully saturated rings. The van der Waals surface area contributed by atoms with E-state index in [0.717, 1.165) is 5.56 Å². The van der Waals surface area contributed by atoms with Crippen molar-refractivity contribution in [3.63, 3.8) is 0 Å². The van der Waals surface area contributed by atoms with Crippen molar-refractivity contribution >= 4 is 29.8 Å². The molecule has 0 spiro atoms. The third-order valence-electron chi connectivity index (χ3n) is 6.72. The lowest BCUT2D eigenvalue weighted by atomic mass is 9.90. The van der Waals surface area contributed by atoms with Gasteiger partial charge in [-0.25, -0.2) is 9.78 Å². The average Bonchev–Trinajstić information content (AvgIpc) is 3.01. The number of hydrogen-bond acceptors (Lipinski definition) is 12. The van der Waals surface area contributed by atoms with Crippen molar-refractivity contribution in [2.24, 2.45) is 11.3 Å². The van der Waals surface area contributed by atoms with Gasteiger partial charge in [-0.15, -0.1) is 0 Å². The van der Waals surface area contributed by atoms with Crippen LogP contribution >= 0.6 is 0 Å². The molecule has 2 aromatic rings. The number of esters is 4. The molecule has 1 aromatic heterocycles. The van der Waals surface area contributed by atoms with Gasteiger partial charge in [-0.3, -0.25) is 19.2 Å². The maximum Gasteiger partial charge on any atom is 0.332 e. The summed E-state index contributed by atoms with van der Waals surface area (Å²) in [6.07, 6.45) is -0.922. The second-order valence-electron chi connectivity index (χ2n) is 11.7. The zero-order valence-corrected chi connectivity index (χ0v) is 26.3. The Morgan fingerprint density at radius 3 is 2.38 bits per heavy atom. The summed E-state index contributed by atoms with van der Waals surface area (Å²) in [7, 11) is 2.74. The molecule has 2 heterocycles. The van der Waals surface area contributed by atoms with Gasteiger partial charge in [-0.05, 0) is 24.3 Å². The summed E-state index contributed by atoms with van der Waals surface area (Å²) < 4.78 is 32.4. The van der Waals surface area contributed by atoms with Crippen molar-refractivity contribution in [3.05, 3.63) is 53.9 Å². The highest BCUT2D eigenvalue weighted by Crippen LogP contribution is 2.30. The molecule has 13 nitrogen and oxygen atoms in total. The molecular weight excluding hydrogens is 588 g/mol. The summed E-state index contributed by atoms with van der Waals surface area (Å²) in [6, 6.07) is 8.98. The molecule has 1 aliphatic rings. The first-order chi connectivity index (χ1) is 21.3. The lowest BCUT2D eigenvalue weighted by Crippen LogP contribution is -2.47. The number of hydrogen-bond donors (Lipinski definition) is 1. The van der Waals surface area contributed by atoms with Gasteiger partial charge < -0.3 is 33.7 Å². The van der Waals surface area contributed by atoms with Gasteiger partial charge in [0, 0.05) is 19.4 Å². The zero-order valence-electron chi connectivity index (χ0n) is 26.3. The van der Waals surface area contributed by atoms with Crippen LogP contribution in [0.15, 0.2) is 42.6 Å². The van der Waals surface area contributed by atoms with E-state index in [9.17, 15) is 24.0 Å². The summed E-state index contributed by atoms with van der Waals surface area (Å²) in [5.74, 6) is -5.14. The van der Waals surface area contributed by atoms with Crippen LogP contribution in [0.25, 0.3) is 0 Å². The highest BCUT2D eigenvalue weighted by molar-refractivity contribution is 5.99. The lowest BCUT2D eigenvalue weighted by Gasteiger charge is -2.30. The van der Waals surface area contributed by atoms with Gasteiger partial charge in [-0.2, -0.15) is 0 Å². The first-order valence-electron chi connectivity index (χ1n) is 14.5. The second-order valence-corrected chi connectivity index (χ2v) is 11.7. The van der Waals surface area contributed by atoms with E-state index in [1.165, 1.54) is 33.4 Å². The maximum absolute atomic E-state index is 13.5. The van der Waals surface area contributed by atoms with Crippen LogP contribution in [0.1, 0.15) is 56.6 Å². The van der Waals surface area contributed by atoms with Gasteiger partial charge in [0.2, 0.25) is 5.75 Å². The molecule has 45 heavy (non-hydrogen) atoms. The number of nitrogens with one attached hydrogen (secondary N) is 1. The second kappa shape index (κ2) is 16.0. The van der Waals surface area contributed by atoms with Crippen LogP contribution in [0, 0.1) is 11.3 Å². The molecule has 1 aliphatic heterocycles. The number of rotatable bonds is 11. The highest BCUT2D eigenvalue weighted by atomic mass is 16.6. The van der Waals surface area contributed by atoms with Gasteiger partial charge in [0.25, 0.3) is 5.91 Å². The van der Waals surface area contributed by atoms with E-state index in [1.54, 1.807) is 12.1 Å². The van der Waals surface area contributed by atoms with Gasteiger partial charge in [0.15, 0.2) is 23.6 Å². The van der Waals surface area contributed by atoms with Gasteiger partial charge in [0.1, 0.15) is 18.6 Å². The SMILES string of the molecule is COCCC(=O)Oc1c(OC)ccnc1C(=O)N[C@H]1COC(=O)[C@H](Cc2ccccc2)[C@@H](OC(=O)CC(C)(C)C)[C@H](C)OC1=O. The maximum atomic E-state index is 13.5. The molecule has 1 saturated heterocycles. The molecule has 244 valence electrons. The standard InChI is InChI=1S/C32H40N2O11/c1-19-27(45-25(36)17-32(2,3)4)21(16-20-10-8-7-9-11-20)30(38)42-18-22(31(39)43-19)34-29(37)26-28(23(41-6)12-14-33-26)44-24(35)13-15-40-5/h7-12,14,19,21-22,27H,13,15-18H2,1-6H3,(H,34,37)/t19-,21+,22-,27-/m0/s1. The number of nitrogens with zero attached hydrogens (tertiary/aromatic N) is 1. The summed E-state index contributed by atoms with van der Waals surface area (Å²) in [4.78, 5) is 69.4. The Morgan fingerprint density at radius 2 is 1.73 bits per heavy atom. The Labute approximate surface area is 261 Å². The van der Waals surface area contributed by atoms with Gasteiger partial charge in [-0.1, -0.05) is 51.1 Å². The molecule has 0 saturated carbocycles. The fourth-order valence-electron chi connectivity index (χ4n) is 4.54. The normalized spacial score (nSPS) is 20.4. The lowest BCUT2D eigenvalue weighted by molar-refractivity contribution is -0.175. The average molecular weight is 629 g/mol. The Balaban J connectivity index is 1.88. The number of cyclic esters (lactones) is 2. The summed E-state index contributed by atoms with van der Waals surface area (Å²) in [5, 5.41) is 2.45. The number of amides is 1. The minimum atomic E-state index is -1.48. The van der Waals surface area contributed by atoms with Crippen molar-refractivity contribution in [3.8, 4) is 11.5 Å². The Kier molecular flexibility index (Phi) is 12.4. The molecule has 1 aromatic carbocycles. The van der Waals surface area contributed by atoms with E-state index in [2.05, 4.69) is 10.3 Å². The molecule has 13 heteroatoms. The van der Waals surface area contributed by atoms with Crippen molar-refractivity contribution in [2.45, 2.75) is 65.2 Å². The first-order valence-corrected chi connectivity index (χ1v) is 14.5. The van der Waals surface area contributed by atoms with Crippen LogP contribution in [0.3, 0.4) is 0 Å². The van der Waals surface area contributed by atoms with Gasteiger partial charge in [0.05, 0.1) is 26.6 Å². The summed E-state index contributed by atoms with van der Waals surface area (Å²) in [6.45, 7) is 6.60. The largest absolute Gasteiger partial charge is 0.493 e. The van der Waals surface area contributed by atoms with Crippen LogP contribution in [-0.2, 0) is 44.5 Å². The van der Waals surface area contributed by atoms with Gasteiger partial charge >= 0.3 is 23.9 Å². The number of aromatic nitrogens is 1. The van der Waals surface area contributed by atoms with Crippen molar-refractivity contribution < 1.29 is 52.4 Å². The van der Waals surface area contributed by atoms with Crippen LogP contribution in [0.5, 0.6) is 11.5 Å². The molecule has 4 atom stereocenters. The van der Waals surface area contributed by atoms with E-state index in [0.29, 0.717) is 0 Å². The van der Waals surface area contributed by atoms with E-state index < -0.39 is 66.0 Å². The molecule has 3 rings (SSSR count). The fourth-order valence-corrected chi connectivity index (χ4v) is 4.54. The van der Waals surface area contributed by atoms with E-state index in [-0.39, 0.29) is 43.1 Å².